The smallest absolute Gasteiger partial charge is 0.248 e. The molecule has 3 aromatic heterocycles. The van der Waals surface area contributed by atoms with E-state index < -0.39 is 0 Å². The third kappa shape index (κ3) is 4.82. The quantitative estimate of drug-likeness (QED) is 0.579. The summed E-state index contributed by atoms with van der Waals surface area (Å²) in [5.74, 6) is 1.04. The Morgan fingerprint density at radius 3 is 2.89 bits per heavy atom. The molecule has 1 saturated heterocycles. The molecule has 8 heteroatoms. The first-order valence-electron chi connectivity index (χ1n) is 9.41. The van der Waals surface area contributed by atoms with Crippen LogP contribution in [0.5, 0.6) is 0 Å². The Labute approximate surface area is 167 Å². The summed E-state index contributed by atoms with van der Waals surface area (Å²) in [4.78, 5) is 18.8. The van der Waals surface area contributed by atoms with Crippen molar-refractivity contribution in [2.24, 2.45) is 0 Å². The molecular weight excluding hydrogens is 376 g/mol. The van der Waals surface area contributed by atoms with Crippen LogP contribution < -0.4 is 0 Å². The van der Waals surface area contributed by atoms with Gasteiger partial charge in [-0.1, -0.05) is 0 Å². The number of thiophene rings is 1. The van der Waals surface area contributed by atoms with Crippen LogP contribution >= 0.6 is 11.3 Å². The van der Waals surface area contributed by atoms with Gasteiger partial charge in [0, 0.05) is 55.9 Å². The van der Waals surface area contributed by atoms with Gasteiger partial charge >= 0.3 is 0 Å². The van der Waals surface area contributed by atoms with Crippen molar-refractivity contribution in [2.75, 3.05) is 13.2 Å². The Balaban J connectivity index is 1.38. The predicted molar refractivity (Wildman–Crippen MR) is 105 cm³/mol. The maximum absolute atomic E-state index is 12.9. The third-order valence-electron chi connectivity index (χ3n) is 4.71. The summed E-state index contributed by atoms with van der Waals surface area (Å²) in [7, 11) is 0. The van der Waals surface area contributed by atoms with Crippen molar-refractivity contribution in [1.29, 1.82) is 0 Å². The minimum atomic E-state index is 0.0580. The number of carbonyl (C=O) groups excluding carboxylic acids is 1. The van der Waals surface area contributed by atoms with E-state index in [0.717, 1.165) is 30.6 Å². The molecule has 1 atom stereocenters. The van der Waals surface area contributed by atoms with Crippen LogP contribution in [0.1, 0.15) is 30.7 Å². The number of aryl methyl sites for hydroxylation is 1. The molecule has 3 aromatic rings. The normalized spacial score (nSPS) is 16.4. The molecule has 1 unspecified atom stereocenters. The van der Waals surface area contributed by atoms with Crippen molar-refractivity contribution in [3.05, 3.63) is 52.8 Å². The molecule has 4 heterocycles. The largest absolute Gasteiger partial charge is 0.421 e. The number of hydrogen-bond acceptors (Lipinski definition) is 7. The molecule has 0 bridgehead atoms. The summed E-state index contributed by atoms with van der Waals surface area (Å²) in [5, 5.41) is 12.1. The number of nitrogens with zero attached hydrogens (tertiary/aromatic N) is 4. The van der Waals surface area contributed by atoms with Crippen LogP contribution in [0.3, 0.4) is 0 Å². The number of carbonyl (C=O) groups is 1. The van der Waals surface area contributed by atoms with Crippen LogP contribution in [0.15, 0.2) is 45.8 Å². The van der Waals surface area contributed by atoms with Crippen molar-refractivity contribution in [1.82, 2.24) is 20.1 Å². The van der Waals surface area contributed by atoms with Gasteiger partial charge in [-0.15, -0.1) is 10.2 Å². The number of rotatable bonds is 8. The van der Waals surface area contributed by atoms with Crippen molar-refractivity contribution < 1.29 is 13.9 Å². The van der Waals surface area contributed by atoms with E-state index in [-0.39, 0.29) is 12.0 Å². The molecule has 0 aliphatic carbocycles. The summed E-state index contributed by atoms with van der Waals surface area (Å²) in [5.41, 5.74) is 1.96. The molecule has 1 amide bonds. The van der Waals surface area contributed by atoms with Crippen molar-refractivity contribution in [3.63, 3.8) is 0 Å². The Bertz CT molecular complexity index is 876. The zero-order valence-electron chi connectivity index (χ0n) is 15.5. The Morgan fingerprint density at radius 1 is 1.25 bits per heavy atom. The first kappa shape index (κ1) is 18.8. The molecule has 28 heavy (non-hydrogen) atoms. The van der Waals surface area contributed by atoms with Crippen LogP contribution in [0.2, 0.25) is 0 Å². The predicted octanol–water partition coefficient (Wildman–Crippen LogP) is 3.33. The highest BCUT2D eigenvalue weighted by atomic mass is 32.1. The van der Waals surface area contributed by atoms with Gasteiger partial charge in [-0.3, -0.25) is 9.78 Å². The molecule has 0 spiro atoms. The maximum atomic E-state index is 12.9. The summed E-state index contributed by atoms with van der Waals surface area (Å²) >= 11 is 1.58. The Hall–Kier alpha value is -2.58. The molecule has 1 aliphatic rings. The highest BCUT2D eigenvalue weighted by molar-refractivity contribution is 7.08. The summed E-state index contributed by atoms with van der Waals surface area (Å²) in [6.45, 7) is 1.92. The summed E-state index contributed by atoms with van der Waals surface area (Å²) in [6.07, 6.45) is 6.39. The van der Waals surface area contributed by atoms with Gasteiger partial charge in [0.1, 0.15) is 0 Å². The van der Waals surface area contributed by atoms with Crippen molar-refractivity contribution in [3.8, 4) is 11.5 Å². The number of amides is 1. The van der Waals surface area contributed by atoms with E-state index in [1.54, 1.807) is 23.7 Å². The van der Waals surface area contributed by atoms with Crippen LogP contribution in [0, 0.1) is 0 Å². The second kappa shape index (κ2) is 9.07. The van der Waals surface area contributed by atoms with Gasteiger partial charge in [-0.2, -0.15) is 11.3 Å². The lowest BCUT2D eigenvalue weighted by molar-refractivity contribution is -0.133. The molecule has 0 radical (unpaired) electrons. The molecule has 1 fully saturated rings. The topological polar surface area (TPSA) is 81.4 Å². The van der Waals surface area contributed by atoms with Gasteiger partial charge in [0.15, 0.2) is 0 Å². The molecular formula is C20H22N4O3S. The fourth-order valence-electron chi connectivity index (χ4n) is 3.23. The van der Waals surface area contributed by atoms with E-state index in [4.69, 9.17) is 9.15 Å². The molecule has 146 valence electrons. The van der Waals surface area contributed by atoms with E-state index >= 15 is 0 Å². The monoisotopic (exact) mass is 398 g/mol. The lowest BCUT2D eigenvalue weighted by Crippen LogP contribution is -2.37. The van der Waals surface area contributed by atoms with Gasteiger partial charge in [0.05, 0.1) is 6.10 Å². The van der Waals surface area contributed by atoms with Gasteiger partial charge in [0.25, 0.3) is 0 Å². The van der Waals surface area contributed by atoms with Crippen LogP contribution in [0.25, 0.3) is 11.5 Å². The molecule has 0 saturated carbocycles. The molecule has 7 nitrogen and oxygen atoms in total. The van der Waals surface area contributed by atoms with E-state index in [1.165, 1.54) is 0 Å². The number of aromatic nitrogens is 3. The van der Waals surface area contributed by atoms with Gasteiger partial charge in [-0.05, 0) is 42.0 Å². The Morgan fingerprint density at radius 2 is 2.14 bits per heavy atom. The van der Waals surface area contributed by atoms with E-state index in [2.05, 4.69) is 15.2 Å². The first-order valence-corrected chi connectivity index (χ1v) is 10.4. The minimum Gasteiger partial charge on any atom is -0.421 e. The second-order valence-electron chi connectivity index (χ2n) is 6.78. The lowest BCUT2D eigenvalue weighted by atomic mass is 10.1. The SMILES string of the molecule is O=C(CCc1nnc(-c2ccsc2)o1)N(Cc1ccncc1)CC1CCCO1. The van der Waals surface area contributed by atoms with Crippen LogP contribution in [0.4, 0.5) is 0 Å². The van der Waals surface area contributed by atoms with Gasteiger partial charge in [0.2, 0.25) is 17.7 Å². The highest BCUT2D eigenvalue weighted by Crippen LogP contribution is 2.21. The molecule has 1 aliphatic heterocycles. The van der Waals surface area contributed by atoms with E-state index in [0.29, 0.717) is 37.7 Å². The number of pyridine rings is 1. The standard InChI is InChI=1S/C20H22N4O3S/c25-19(4-3-18-22-23-20(27-18)16-7-11-28-14-16)24(13-17-2-1-10-26-17)12-15-5-8-21-9-6-15/h5-9,11,14,17H,1-4,10,12-13H2. The van der Waals surface area contributed by atoms with Gasteiger partial charge < -0.3 is 14.1 Å². The lowest BCUT2D eigenvalue weighted by Gasteiger charge is -2.25. The summed E-state index contributed by atoms with van der Waals surface area (Å²) < 4.78 is 11.4. The third-order valence-corrected chi connectivity index (χ3v) is 5.39. The highest BCUT2D eigenvalue weighted by Gasteiger charge is 2.23. The van der Waals surface area contributed by atoms with Crippen molar-refractivity contribution >= 4 is 17.2 Å². The number of hydrogen-bond donors (Lipinski definition) is 0. The zero-order chi connectivity index (χ0) is 19.2. The van der Waals surface area contributed by atoms with Crippen LogP contribution in [-0.4, -0.2) is 45.2 Å². The molecule has 0 N–H and O–H groups in total. The molecule has 4 rings (SSSR count). The average molecular weight is 398 g/mol. The van der Waals surface area contributed by atoms with E-state index in [1.807, 2.05) is 33.9 Å². The summed E-state index contributed by atoms with van der Waals surface area (Å²) in [6, 6.07) is 5.80. The maximum Gasteiger partial charge on any atom is 0.248 e. The van der Waals surface area contributed by atoms with Gasteiger partial charge in [-0.25, -0.2) is 0 Å². The van der Waals surface area contributed by atoms with Crippen LogP contribution in [-0.2, 0) is 22.5 Å². The average Bonchev–Trinajstić information content (AvgIpc) is 3.48. The zero-order valence-corrected chi connectivity index (χ0v) is 16.3. The fraction of sp³-hybridized carbons (Fsp3) is 0.400. The second-order valence-corrected chi connectivity index (χ2v) is 7.56. The first-order chi connectivity index (χ1) is 13.8. The Kier molecular flexibility index (Phi) is 6.08. The fourth-order valence-corrected chi connectivity index (χ4v) is 3.86. The molecule has 0 aromatic carbocycles. The van der Waals surface area contributed by atoms with E-state index in [9.17, 15) is 4.79 Å². The number of ether oxygens (including phenoxy) is 1. The minimum absolute atomic E-state index is 0.0580. The van der Waals surface area contributed by atoms with Crippen molar-refractivity contribution in [2.45, 2.75) is 38.3 Å².